The third-order valence-electron chi connectivity index (χ3n) is 3.05. The molecule has 1 atom stereocenters. The van der Waals surface area contributed by atoms with Crippen LogP contribution in [0.5, 0.6) is 5.75 Å². The van der Waals surface area contributed by atoms with E-state index in [0.717, 1.165) is 0 Å². The summed E-state index contributed by atoms with van der Waals surface area (Å²) in [5, 5.41) is 0. The number of ether oxygens (including phenoxy) is 2. The molecule has 0 bridgehead atoms. The summed E-state index contributed by atoms with van der Waals surface area (Å²) in [6.07, 6.45) is -0.252. The first-order chi connectivity index (χ1) is 9.09. The summed E-state index contributed by atoms with van der Waals surface area (Å²) in [5.74, 6) is 0.346. The lowest BCUT2D eigenvalue weighted by Crippen LogP contribution is -2.48. The van der Waals surface area contributed by atoms with Gasteiger partial charge in [-0.3, -0.25) is 0 Å². The fourth-order valence-corrected chi connectivity index (χ4v) is 3.64. The molecule has 1 aromatic rings. The van der Waals surface area contributed by atoms with E-state index in [9.17, 15) is 8.42 Å². The molecule has 1 fully saturated rings. The standard InChI is InChI=1S/C12H18N2O4S.ClH/c1-17-11-4-2-3-5-12(11)19(15,16)14-6-7-18-10(8-13)9-14;/h2-5,10H,6-9,13H2,1H3;1H. The topological polar surface area (TPSA) is 81.9 Å². The Morgan fingerprint density at radius 2 is 2.15 bits per heavy atom. The molecule has 0 aromatic heterocycles. The first-order valence-corrected chi connectivity index (χ1v) is 7.48. The van der Waals surface area contributed by atoms with Crippen LogP contribution in [0.2, 0.25) is 0 Å². The third kappa shape index (κ3) is 3.42. The first kappa shape index (κ1) is 17.2. The van der Waals surface area contributed by atoms with E-state index >= 15 is 0 Å². The van der Waals surface area contributed by atoms with Crippen LogP contribution < -0.4 is 10.5 Å². The summed E-state index contributed by atoms with van der Waals surface area (Å²) in [4.78, 5) is 0.176. The van der Waals surface area contributed by atoms with Gasteiger partial charge < -0.3 is 15.2 Å². The first-order valence-electron chi connectivity index (χ1n) is 6.04. The average molecular weight is 323 g/mol. The van der Waals surface area contributed by atoms with Gasteiger partial charge in [0.15, 0.2) is 0 Å². The van der Waals surface area contributed by atoms with E-state index in [1.54, 1.807) is 24.3 Å². The van der Waals surface area contributed by atoms with Crippen LogP contribution in [-0.4, -0.2) is 52.2 Å². The van der Waals surface area contributed by atoms with Crippen LogP contribution in [0.25, 0.3) is 0 Å². The Balaban J connectivity index is 0.00000200. The van der Waals surface area contributed by atoms with Crippen LogP contribution in [-0.2, 0) is 14.8 Å². The summed E-state index contributed by atoms with van der Waals surface area (Å²) < 4.78 is 37.0. The molecule has 2 N–H and O–H groups in total. The van der Waals surface area contributed by atoms with Gasteiger partial charge in [0.25, 0.3) is 0 Å². The molecule has 114 valence electrons. The fraction of sp³-hybridized carbons (Fsp3) is 0.500. The van der Waals surface area contributed by atoms with Crippen molar-refractivity contribution in [1.82, 2.24) is 4.31 Å². The second-order valence-electron chi connectivity index (χ2n) is 4.24. The number of nitrogens with two attached hydrogens (primary N) is 1. The number of halogens is 1. The molecule has 0 aliphatic carbocycles. The Morgan fingerprint density at radius 1 is 1.45 bits per heavy atom. The van der Waals surface area contributed by atoms with Crippen LogP contribution in [0.15, 0.2) is 29.2 Å². The van der Waals surface area contributed by atoms with E-state index in [2.05, 4.69) is 0 Å². The zero-order chi connectivity index (χ0) is 13.9. The quantitative estimate of drug-likeness (QED) is 0.871. The molecule has 1 saturated heterocycles. The molecule has 1 aromatic carbocycles. The molecular weight excluding hydrogens is 304 g/mol. The van der Waals surface area contributed by atoms with Gasteiger partial charge >= 0.3 is 0 Å². The number of hydrogen-bond acceptors (Lipinski definition) is 5. The Labute approximate surface area is 125 Å². The zero-order valence-corrected chi connectivity index (χ0v) is 12.8. The SMILES string of the molecule is COc1ccccc1S(=O)(=O)N1CCOC(CN)C1.Cl. The molecular formula is C12H19ClN2O4S. The molecule has 8 heteroatoms. The summed E-state index contributed by atoms with van der Waals surface area (Å²) >= 11 is 0. The summed E-state index contributed by atoms with van der Waals surface area (Å²) in [6.45, 7) is 1.27. The largest absolute Gasteiger partial charge is 0.495 e. The predicted molar refractivity (Wildman–Crippen MR) is 77.8 cm³/mol. The smallest absolute Gasteiger partial charge is 0.246 e. The number of sulfonamides is 1. The zero-order valence-electron chi connectivity index (χ0n) is 11.2. The molecule has 1 aliphatic heterocycles. The molecule has 0 spiro atoms. The molecule has 0 saturated carbocycles. The highest BCUT2D eigenvalue weighted by Gasteiger charge is 2.32. The minimum atomic E-state index is -3.58. The van der Waals surface area contributed by atoms with Gasteiger partial charge in [-0.25, -0.2) is 8.42 Å². The van der Waals surface area contributed by atoms with E-state index in [1.807, 2.05) is 0 Å². The summed E-state index contributed by atoms with van der Waals surface area (Å²) in [6, 6.07) is 6.59. The van der Waals surface area contributed by atoms with Crippen molar-refractivity contribution in [2.24, 2.45) is 5.73 Å². The average Bonchev–Trinajstić information content (AvgIpc) is 2.47. The van der Waals surface area contributed by atoms with Crippen molar-refractivity contribution < 1.29 is 17.9 Å². The van der Waals surface area contributed by atoms with Crippen LogP contribution >= 0.6 is 12.4 Å². The van der Waals surface area contributed by atoms with Crippen LogP contribution in [0.3, 0.4) is 0 Å². The molecule has 0 radical (unpaired) electrons. The van der Waals surface area contributed by atoms with E-state index in [4.69, 9.17) is 15.2 Å². The van der Waals surface area contributed by atoms with Crippen molar-refractivity contribution in [3.63, 3.8) is 0 Å². The highest BCUT2D eigenvalue weighted by Crippen LogP contribution is 2.27. The lowest BCUT2D eigenvalue weighted by Gasteiger charge is -2.31. The number of morpholine rings is 1. The Bertz CT molecular complexity index is 538. The van der Waals surface area contributed by atoms with Gasteiger partial charge in [-0.15, -0.1) is 12.4 Å². The molecule has 1 unspecified atom stereocenters. The predicted octanol–water partition coefficient (Wildman–Crippen LogP) is 0.465. The van der Waals surface area contributed by atoms with Crippen LogP contribution in [0, 0.1) is 0 Å². The Kier molecular flexibility index (Phi) is 6.22. The van der Waals surface area contributed by atoms with Crippen molar-refractivity contribution >= 4 is 22.4 Å². The number of methoxy groups -OCH3 is 1. The number of rotatable bonds is 4. The Hall–Kier alpha value is -0.860. The van der Waals surface area contributed by atoms with Gasteiger partial charge in [-0.1, -0.05) is 12.1 Å². The number of benzene rings is 1. The number of para-hydroxylation sites is 1. The maximum absolute atomic E-state index is 12.6. The maximum atomic E-state index is 12.6. The number of hydrogen-bond donors (Lipinski definition) is 1. The second-order valence-corrected chi connectivity index (χ2v) is 6.15. The second kappa shape index (κ2) is 7.24. The van der Waals surface area contributed by atoms with Crippen molar-refractivity contribution in [1.29, 1.82) is 0 Å². The van der Waals surface area contributed by atoms with Gasteiger partial charge in [0.05, 0.1) is 19.8 Å². The normalized spacial score (nSPS) is 20.2. The van der Waals surface area contributed by atoms with Gasteiger partial charge in [0, 0.05) is 19.6 Å². The highest BCUT2D eigenvalue weighted by molar-refractivity contribution is 7.89. The molecule has 2 rings (SSSR count). The van der Waals surface area contributed by atoms with E-state index in [1.165, 1.54) is 11.4 Å². The summed E-state index contributed by atoms with van der Waals surface area (Å²) in [7, 11) is -2.12. The van der Waals surface area contributed by atoms with Crippen molar-refractivity contribution in [3.8, 4) is 5.75 Å². The van der Waals surface area contributed by atoms with E-state index in [0.29, 0.717) is 25.4 Å². The van der Waals surface area contributed by atoms with Gasteiger partial charge in [0.2, 0.25) is 10.0 Å². The van der Waals surface area contributed by atoms with Crippen molar-refractivity contribution in [2.75, 3.05) is 33.4 Å². The molecule has 6 nitrogen and oxygen atoms in total. The maximum Gasteiger partial charge on any atom is 0.246 e. The lowest BCUT2D eigenvalue weighted by atomic mass is 10.3. The minimum absolute atomic E-state index is 0. The molecule has 1 aliphatic rings. The van der Waals surface area contributed by atoms with Gasteiger partial charge in [-0.2, -0.15) is 4.31 Å². The van der Waals surface area contributed by atoms with Crippen molar-refractivity contribution in [2.45, 2.75) is 11.0 Å². The third-order valence-corrected chi connectivity index (χ3v) is 4.96. The van der Waals surface area contributed by atoms with Crippen LogP contribution in [0.4, 0.5) is 0 Å². The van der Waals surface area contributed by atoms with Crippen molar-refractivity contribution in [3.05, 3.63) is 24.3 Å². The fourth-order valence-electron chi connectivity index (χ4n) is 2.02. The van der Waals surface area contributed by atoms with Gasteiger partial charge in [0.1, 0.15) is 10.6 Å². The van der Waals surface area contributed by atoms with E-state index in [-0.39, 0.29) is 30.0 Å². The Morgan fingerprint density at radius 3 is 2.80 bits per heavy atom. The molecule has 20 heavy (non-hydrogen) atoms. The monoisotopic (exact) mass is 322 g/mol. The molecule has 0 amide bonds. The molecule has 1 heterocycles. The van der Waals surface area contributed by atoms with Crippen LogP contribution in [0.1, 0.15) is 0 Å². The minimum Gasteiger partial charge on any atom is -0.495 e. The highest BCUT2D eigenvalue weighted by atomic mass is 35.5. The lowest BCUT2D eigenvalue weighted by molar-refractivity contribution is 0.00447. The van der Waals surface area contributed by atoms with E-state index < -0.39 is 10.0 Å². The van der Waals surface area contributed by atoms with Gasteiger partial charge in [-0.05, 0) is 12.1 Å². The number of nitrogens with zero attached hydrogens (tertiary/aromatic N) is 1. The summed E-state index contributed by atoms with van der Waals surface area (Å²) in [5.41, 5.74) is 5.53.